The Morgan fingerprint density at radius 1 is 1.28 bits per heavy atom. The molecule has 0 saturated heterocycles. The molecule has 0 spiro atoms. The van der Waals surface area contributed by atoms with E-state index in [1.807, 2.05) is 26.8 Å². The van der Waals surface area contributed by atoms with Gasteiger partial charge in [-0.2, -0.15) is 0 Å². The van der Waals surface area contributed by atoms with Crippen molar-refractivity contribution in [3.8, 4) is 0 Å². The number of carbonyl (C=O) groups is 1. The Hall–Kier alpha value is -2.17. The molecule has 0 radical (unpaired) electrons. The van der Waals surface area contributed by atoms with Gasteiger partial charge in [-0.15, -0.1) is 0 Å². The minimum atomic E-state index is -0.523. The normalized spacial score (nSPS) is 11.3. The van der Waals surface area contributed by atoms with E-state index in [1.54, 1.807) is 24.7 Å². The highest BCUT2D eigenvalue weighted by Crippen LogP contribution is 2.16. The molecule has 2 aromatic rings. The lowest BCUT2D eigenvalue weighted by Gasteiger charge is -2.19. The summed E-state index contributed by atoms with van der Waals surface area (Å²) in [6, 6.07) is 3.64. The zero-order chi connectivity index (χ0) is 13.2. The summed E-state index contributed by atoms with van der Waals surface area (Å²) in [6.45, 7) is 5.43. The van der Waals surface area contributed by atoms with Crippen molar-refractivity contribution in [1.29, 1.82) is 0 Å². The van der Waals surface area contributed by atoms with E-state index in [2.05, 4.69) is 15.3 Å². The van der Waals surface area contributed by atoms with E-state index >= 15 is 0 Å². The molecule has 0 aromatic carbocycles. The molecule has 0 aliphatic heterocycles. The maximum Gasteiger partial charge on any atom is 0.413 e. The van der Waals surface area contributed by atoms with Crippen molar-refractivity contribution < 1.29 is 9.53 Å². The molecule has 0 aliphatic rings. The number of anilines is 1. The molecule has 0 unspecified atom stereocenters. The topological polar surface area (TPSA) is 64.1 Å². The highest BCUT2D eigenvalue weighted by atomic mass is 16.6. The van der Waals surface area contributed by atoms with Crippen molar-refractivity contribution in [2.45, 2.75) is 26.4 Å². The maximum absolute atomic E-state index is 11.6. The smallest absolute Gasteiger partial charge is 0.413 e. The fourth-order valence-corrected chi connectivity index (χ4v) is 1.46. The largest absolute Gasteiger partial charge is 0.444 e. The number of hydrogen-bond acceptors (Lipinski definition) is 4. The van der Waals surface area contributed by atoms with Crippen LogP contribution in [0.15, 0.2) is 30.7 Å². The summed E-state index contributed by atoms with van der Waals surface area (Å²) in [4.78, 5) is 19.7. The third-order valence-corrected chi connectivity index (χ3v) is 2.15. The average Bonchev–Trinajstić information content (AvgIpc) is 2.26. The molecule has 0 fully saturated rings. The van der Waals surface area contributed by atoms with Gasteiger partial charge in [-0.1, -0.05) is 0 Å². The molecule has 0 bridgehead atoms. The summed E-state index contributed by atoms with van der Waals surface area (Å²) in [5, 5.41) is 4.49. The Morgan fingerprint density at radius 3 is 2.78 bits per heavy atom. The van der Waals surface area contributed by atoms with E-state index < -0.39 is 11.7 Å². The second kappa shape index (κ2) is 4.60. The van der Waals surface area contributed by atoms with E-state index in [9.17, 15) is 4.79 Å². The number of hydrogen-bond donors (Lipinski definition) is 1. The van der Waals surface area contributed by atoms with Crippen molar-refractivity contribution in [3.63, 3.8) is 0 Å². The molecule has 1 N–H and O–H groups in total. The minimum absolute atomic E-state index is 0.461. The average molecular weight is 245 g/mol. The number of amides is 1. The summed E-state index contributed by atoms with van der Waals surface area (Å²) in [7, 11) is 0. The first-order valence-corrected chi connectivity index (χ1v) is 5.64. The number of fused-ring (bicyclic) bond motifs is 1. The number of ether oxygens (including phenoxy) is 1. The van der Waals surface area contributed by atoms with Crippen LogP contribution in [0.2, 0.25) is 0 Å². The van der Waals surface area contributed by atoms with Gasteiger partial charge in [-0.3, -0.25) is 10.3 Å². The zero-order valence-electron chi connectivity index (χ0n) is 10.6. The summed E-state index contributed by atoms with van der Waals surface area (Å²) in [5.41, 5.74) is -0.523. The van der Waals surface area contributed by atoms with Crippen LogP contribution in [0.5, 0.6) is 0 Å². The van der Waals surface area contributed by atoms with Gasteiger partial charge in [-0.05, 0) is 38.3 Å². The van der Waals surface area contributed by atoms with Crippen LogP contribution in [0.25, 0.3) is 10.8 Å². The first kappa shape index (κ1) is 12.3. The van der Waals surface area contributed by atoms with Gasteiger partial charge in [0.2, 0.25) is 0 Å². The summed E-state index contributed by atoms with van der Waals surface area (Å²) < 4.78 is 5.15. The van der Waals surface area contributed by atoms with Crippen molar-refractivity contribution in [2.24, 2.45) is 0 Å². The fraction of sp³-hybridized carbons (Fsp3) is 0.308. The molecule has 2 aromatic heterocycles. The third-order valence-electron chi connectivity index (χ3n) is 2.15. The number of nitrogens with zero attached hydrogens (tertiary/aromatic N) is 2. The zero-order valence-corrected chi connectivity index (χ0v) is 10.6. The second-order valence-corrected chi connectivity index (χ2v) is 4.92. The standard InChI is InChI=1S/C13H15N3O2/c1-13(2,3)18-12(17)16-11-6-9-4-5-14-7-10(9)8-15-11/h4-8H,1-3H3,(H,15,16,17). The van der Waals surface area contributed by atoms with E-state index in [0.717, 1.165) is 10.8 Å². The van der Waals surface area contributed by atoms with E-state index in [4.69, 9.17) is 4.74 Å². The second-order valence-electron chi connectivity index (χ2n) is 4.92. The molecule has 2 rings (SSSR count). The highest BCUT2D eigenvalue weighted by molar-refractivity contribution is 5.88. The van der Waals surface area contributed by atoms with Crippen LogP contribution in [0, 0.1) is 0 Å². The molecule has 0 atom stereocenters. The minimum Gasteiger partial charge on any atom is -0.444 e. The molecular formula is C13H15N3O2. The van der Waals surface area contributed by atoms with Crippen LogP contribution in [0.3, 0.4) is 0 Å². The maximum atomic E-state index is 11.6. The van der Waals surface area contributed by atoms with Gasteiger partial charge < -0.3 is 4.74 Å². The van der Waals surface area contributed by atoms with Gasteiger partial charge in [0.15, 0.2) is 0 Å². The molecule has 1 amide bonds. The van der Waals surface area contributed by atoms with Crippen LogP contribution in [-0.4, -0.2) is 21.7 Å². The first-order valence-electron chi connectivity index (χ1n) is 5.64. The Balaban J connectivity index is 2.15. The molecule has 5 heteroatoms. The van der Waals surface area contributed by atoms with Gasteiger partial charge in [0.25, 0.3) is 0 Å². The van der Waals surface area contributed by atoms with E-state index in [0.29, 0.717) is 5.82 Å². The number of pyridine rings is 2. The van der Waals surface area contributed by atoms with E-state index in [1.165, 1.54) is 0 Å². The van der Waals surface area contributed by atoms with Gasteiger partial charge >= 0.3 is 6.09 Å². The van der Waals surface area contributed by atoms with Crippen molar-refractivity contribution in [3.05, 3.63) is 30.7 Å². The fourth-order valence-electron chi connectivity index (χ4n) is 1.46. The predicted molar refractivity (Wildman–Crippen MR) is 69.4 cm³/mol. The van der Waals surface area contributed by atoms with Crippen LogP contribution in [0.1, 0.15) is 20.8 Å². The Kier molecular flexibility index (Phi) is 3.14. The lowest BCUT2D eigenvalue weighted by molar-refractivity contribution is 0.0635. The molecule has 18 heavy (non-hydrogen) atoms. The van der Waals surface area contributed by atoms with Gasteiger partial charge in [0.1, 0.15) is 11.4 Å². The van der Waals surface area contributed by atoms with E-state index in [-0.39, 0.29) is 0 Å². The number of rotatable bonds is 1. The van der Waals surface area contributed by atoms with Gasteiger partial charge in [0.05, 0.1) is 0 Å². The van der Waals surface area contributed by atoms with Crippen LogP contribution in [0.4, 0.5) is 10.6 Å². The lowest BCUT2D eigenvalue weighted by atomic mass is 10.2. The monoisotopic (exact) mass is 245 g/mol. The Bertz CT molecular complexity index is 576. The van der Waals surface area contributed by atoms with Gasteiger partial charge in [-0.25, -0.2) is 9.78 Å². The molecule has 0 aliphatic carbocycles. The van der Waals surface area contributed by atoms with Crippen LogP contribution in [-0.2, 0) is 4.74 Å². The molecular weight excluding hydrogens is 230 g/mol. The number of carbonyl (C=O) groups excluding carboxylic acids is 1. The number of aromatic nitrogens is 2. The van der Waals surface area contributed by atoms with Crippen molar-refractivity contribution in [2.75, 3.05) is 5.32 Å². The lowest BCUT2D eigenvalue weighted by Crippen LogP contribution is -2.27. The van der Waals surface area contributed by atoms with Crippen LogP contribution >= 0.6 is 0 Å². The molecule has 0 saturated carbocycles. The van der Waals surface area contributed by atoms with Gasteiger partial charge in [0, 0.05) is 24.0 Å². The summed E-state index contributed by atoms with van der Waals surface area (Å²) in [5.74, 6) is 0.461. The number of nitrogens with one attached hydrogen (secondary N) is 1. The third kappa shape index (κ3) is 3.16. The van der Waals surface area contributed by atoms with Crippen molar-refractivity contribution >= 4 is 22.7 Å². The quantitative estimate of drug-likeness (QED) is 0.838. The van der Waals surface area contributed by atoms with Crippen molar-refractivity contribution in [1.82, 2.24) is 9.97 Å². The molecule has 94 valence electrons. The highest BCUT2D eigenvalue weighted by Gasteiger charge is 2.16. The summed E-state index contributed by atoms with van der Waals surface area (Å²) >= 11 is 0. The van der Waals surface area contributed by atoms with Crippen LogP contribution < -0.4 is 5.32 Å². The SMILES string of the molecule is CC(C)(C)OC(=O)Nc1cc2ccncc2cn1. The summed E-state index contributed by atoms with van der Waals surface area (Å²) in [6.07, 6.45) is 4.57. The molecule has 2 heterocycles. The Labute approximate surface area is 105 Å². The predicted octanol–water partition coefficient (Wildman–Crippen LogP) is 2.98. The first-order chi connectivity index (χ1) is 8.44. The Morgan fingerprint density at radius 2 is 2.06 bits per heavy atom. The molecule has 5 nitrogen and oxygen atoms in total.